The van der Waals surface area contributed by atoms with E-state index in [1.807, 2.05) is 18.2 Å². The van der Waals surface area contributed by atoms with Gasteiger partial charge in [-0.05, 0) is 11.6 Å². The van der Waals surface area contributed by atoms with Crippen LogP contribution in [0.1, 0.15) is 17.2 Å². The summed E-state index contributed by atoms with van der Waals surface area (Å²) in [4.78, 5) is 0. The monoisotopic (exact) mass is 179 g/mol. The summed E-state index contributed by atoms with van der Waals surface area (Å²) in [5.41, 5.74) is 2.32. The molecule has 3 heteroatoms. The molecule has 1 atom stereocenters. The third-order valence-corrected chi connectivity index (χ3v) is 2.47. The van der Waals surface area contributed by atoms with Crippen LogP contribution >= 0.6 is 0 Å². The summed E-state index contributed by atoms with van der Waals surface area (Å²) < 4.78 is 5.23. The molecule has 0 aromatic heterocycles. The van der Waals surface area contributed by atoms with Crippen LogP contribution in [0.2, 0.25) is 0 Å². The van der Waals surface area contributed by atoms with Crippen molar-refractivity contribution in [3.63, 3.8) is 0 Å². The van der Waals surface area contributed by atoms with E-state index < -0.39 is 0 Å². The van der Waals surface area contributed by atoms with E-state index in [1.54, 1.807) is 7.11 Å². The van der Waals surface area contributed by atoms with Crippen LogP contribution in [0.25, 0.3) is 0 Å². The summed E-state index contributed by atoms with van der Waals surface area (Å²) in [6, 6.07) is 6.00. The molecule has 0 aliphatic carbocycles. The average Bonchev–Trinajstić information content (AvgIpc) is 2.60. The van der Waals surface area contributed by atoms with Crippen LogP contribution in [0.3, 0.4) is 0 Å². The van der Waals surface area contributed by atoms with Gasteiger partial charge in [0.1, 0.15) is 5.75 Å². The fraction of sp³-hybridized carbons (Fsp3) is 0.400. The van der Waals surface area contributed by atoms with E-state index in [0.717, 1.165) is 17.9 Å². The fourth-order valence-corrected chi connectivity index (χ4v) is 1.79. The number of aliphatic hydroxyl groups excluding tert-OH is 1. The van der Waals surface area contributed by atoms with Gasteiger partial charge in [0.2, 0.25) is 0 Å². The molecule has 1 aliphatic heterocycles. The Bertz CT molecular complexity index is 312. The third kappa shape index (κ3) is 1.30. The smallest absolute Gasteiger partial charge is 0.123 e. The lowest BCUT2D eigenvalue weighted by atomic mass is 10.0. The van der Waals surface area contributed by atoms with Crippen LogP contribution in [-0.4, -0.2) is 18.8 Å². The Morgan fingerprint density at radius 1 is 1.62 bits per heavy atom. The SMILES string of the molecule is COc1cccc2c1CNC2CO. The lowest BCUT2D eigenvalue weighted by molar-refractivity contribution is 0.251. The summed E-state index contributed by atoms with van der Waals surface area (Å²) in [5.74, 6) is 0.904. The molecule has 0 amide bonds. The van der Waals surface area contributed by atoms with E-state index >= 15 is 0 Å². The van der Waals surface area contributed by atoms with Gasteiger partial charge in [0.25, 0.3) is 0 Å². The minimum absolute atomic E-state index is 0.0742. The standard InChI is InChI=1S/C10H13NO2/c1-13-10-4-2-3-7-8(10)5-11-9(7)6-12/h2-4,9,11-12H,5-6H2,1H3. The molecule has 1 unspecified atom stereocenters. The lowest BCUT2D eigenvalue weighted by Gasteiger charge is -2.08. The van der Waals surface area contributed by atoms with Gasteiger partial charge >= 0.3 is 0 Å². The zero-order chi connectivity index (χ0) is 9.26. The zero-order valence-electron chi connectivity index (χ0n) is 7.58. The summed E-state index contributed by atoms with van der Waals surface area (Å²) in [7, 11) is 1.67. The second-order valence-electron chi connectivity index (χ2n) is 3.14. The van der Waals surface area contributed by atoms with Crippen molar-refractivity contribution in [2.24, 2.45) is 0 Å². The van der Waals surface area contributed by atoms with Crippen molar-refractivity contribution < 1.29 is 9.84 Å². The highest BCUT2D eigenvalue weighted by molar-refractivity contribution is 5.44. The molecule has 0 radical (unpaired) electrons. The first kappa shape index (κ1) is 8.53. The third-order valence-electron chi connectivity index (χ3n) is 2.47. The summed E-state index contributed by atoms with van der Waals surface area (Å²) >= 11 is 0. The van der Waals surface area contributed by atoms with E-state index in [1.165, 1.54) is 5.56 Å². The summed E-state index contributed by atoms with van der Waals surface area (Å²) in [6.45, 7) is 0.921. The van der Waals surface area contributed by atoms with Crippen LogP contribution in [0.15, 0.2) is 18.2 Å². The molecule has 2 rings (SSSR count). The zero-order valence-corrected chi connectivity index (χ0v) is 7.58. The van der Waals surface area contributed by atoms with E-state index in [4.69, 9.17) is 9.84 Å². The Morgan fingerprint density at radius 3 is 3.15 bits per heavy atom. The molecule has 1 heterocycles. The van der Waals surface area contributed by atoms with Crippen molar-refractivity contribution >= 4 is 0 Å². The van der Waals surface area contributed by atoms with Crippen LogP contribution in [-0.2, 0) is 6.54 Å². The predicted molar refractivity (Wildman–Crippen MR) is 49.7 cm³/mol. The van der Waals surface area contributed by atoms with Crippen molar-refractivity contribution in [3.8, 4) is 5.75 Å². The topological polar surface area (TPSA) is 41.5 Å². The maximum atomic E-state index is 9.07. The van der Waals surface area contributed by atoms with Crippen LogP contribution in [0, 0.1) is 0 Å². The fourth-order valence-electron chi connectivity index (χ4n) is 1.79. The van der Waals surface area contributed by atoms with Gasteiger partial charge in [0, 0.05) is 12.1 Å². The first-order valence-corrected chi connectivity index (χ1v) is 4.37. The van der Waals surface area contributed by atoms with Gasteiger partial charge in [0.05, 0.1) is 19.8 Å². The number of nitrogens with one attached hydrogen (secondary N) is 1. The van der Waals surface area contributed by atoms with E-state index in [9.17, 15) is 0 Å². The molecule has 2 N–H and O–H groups in total. The molecule has 3 nitrogen and oxygen atoms in total. The Kier molecular flexibility index (Phi) is 2.20. The Labute approximate surface area is 77.3 Å². The Hall–Kier alpha value is -1.06. The highest BCUT2D eigenvalue weighted by atomic mass is 16.5. The molecule has 13 heavy (non-hydrogen) atoms. The van der Waals surface area contributed by atoms with Gasteiger partial charge in [0.15, 0.2) is 0 Å². The van der Waals surface area contributed by atoms with Crippen molar-refractivity contribution in [1.29, 1.82) is 0 Å². The second kappa shape index (κ2) is 3.36. The first-order valence-electron chi connectivity index (χ1n) is 4.37. The number of fused-ring (bicyclic) bond motifs is 1. The Morgan fingerprint density at radius 2 is 2.46 bits per heavy atom. The number of rotatable bonds is 2. The van der Waals surface area contributed by atoms with Gasteiger partial charge in [-0.3, -0.25) is 0 Å². The van der Waals surface area contributed by atoms with Crippen LogP contribution in [0.4, 0.5) is 0 Å². The van der Waals surface area contributed by atoms with Crippen molar-refractivity contribution in [2.75, 3.05) is 13.7 Å². The normalized spacial score (nSPS) is 20.0. The number of hydrogen-bond donors (Lipinski definition) is 2. The maximum absolute atomic E-state index is 9.07. The van der Waals surface area contributed by atoms with Gasteiger partial charge in [-0.2, -0.15) is 0 Å². The van der Waals surface area contributed by atoms with Crippen LogP contribution in [0.5, 0.6) is 5.75 Å². The maximum Gasteiger partial charge on any atom is 0.123 e. The molecule has 0 fully saturated rings. The second-order valence-corrected chi connectivity index (χ2v) is 3.14. The number of hydrogen-bond acceptors (Lipinski definition) is 3. The molecule has 70 valence electrons. The molecule has 0 bridgehead atoms. The van der Waals surface area contributed by atoms with Gasteiger partial charge in [-0.15, -0.1) is 0 Å². The van der Waals surface area contributed by atoms with E-state index in [0.29, 0.717) is 0 Å². The number of methoxy groups -OCH3 is 1. The molecule has 1 aliphatic rings. The van der Waals surface area contributed by atoms with Gasteiger partial charge in [-0.1, -0.05) is 12.1 Å². The molecule has 1 aromatic rings. The molecule has 0 saturated carbocycles. The lowest BCUT2D eigenvalue weighted by Crippen LogP contribution is -2.15. The predicted octanol–water partition coefficient (Wildman–Crippen LogP) is 0.832. The summed E-state index contributed by atoms with van der Waals surface area (Å²) in [6.07, 6.45) is 0. The van der Waals surface area contributed by atoms with Gasteiger partial charge < -0.3 is 15.2 Å². The Balaban J connectivity index is 2.43. The quantitative estimate of drug-likeness (QED) is 0.706. The highest BCUT2D eigenvalue weighted by Crippen LogP contribution is 2.31. The van der Waals surface area contributed by atoms with E-state index in [2.05, 4.69) is 5.32 Å². The minimum atomic E-state index is 0.0742. The minimum Gasteiger partial charge on any atom is -0.496 e. The molecular formula is C10H13NO2. The summed E-state index contributed by atoms with van der Waals surface area (Å²) in [5, 5.41) is 12.3. The molecule has 0 saturated heterocycles. The largest absolute Gasteiger partial charge is 0.496 e. The van der Waals surface area contributed by atoms with Crippen molar-refractivity contribution in [3.05, 3.63) is 29.3 Å². The first-order chi connectivity index (χ1) is 6.36. The van der Waals surface area contributed by atoms with Crippen molar-refractivity contribution in [2.45, 2.75) is 12.6 Å². The number of benzene rings is 1. The molecule has 0 spiro atoms. The van der Waals surface area contributed by atoms with Crippen LogP contribution < -0.4 is 10.1 Å². The van der Waals surface area contributed by atoms with Crippen molar-refractivity contribution in [1.82, 2.24) is 5.32 Å². The highest BCUT2D eigenvalue weighted by Gasteiger charge is 2.23. The van der Waals surface area contributed by atoms with Gasteiger partial charge in [-0.25, -0.2) is 0 Å². The number of ether oxygens (including phenoxy) is 1. The average molecular weight is 179 g/mol. The number of aliphatic hydroxyl groups is 1. The molecule has 1 aromatic carbocycles. The van der Waals surface area contributed by atoms with E-state index in [-0.39, 0.29) is 12.6 Å². The molecular weight excluding hydrogens is 166 g/mol.